The van der Waals surface area contributed by atoms with Crippen LogP contribution in [0.5, 0.6) is 0 Å². The molecule has 5 fully saturated rings. The largest absolute Gasteiger partial charge is 0.352 e. The molecule has 3 heterocycles. The van der Waals surface area contributed by atoms with Gasteiger partial charge in [-0.05, 0) is 90.1 Å². The van der Waals surface area contributed by atoms with Crippen molar-refractivity contribution >= 4 is 5.91 Å². The molecular weight excluding hydrogens is 391 g/mol. The minimum Gasteiger partial charge on any atom is -0.352 e. The molecule has 1 spiro atoms. The number of hydrogen-bond acceptors (Lipinski definition) is 4. The summed E-state index contributed by atoms with van der Waals surface area (Å²) < 4.78 is 14.4. The summed E-state index contributed by atoms with van der Waals surface area (Å²) in [7, 11) is 2.31. The van der Waals surface area contributed by atoms with Gasteiger partial charge in [0, 0.05) is 42.7 Å². The number of rotatable bonds is 3. The third-order valence-corrected chi connectivity index (χ3v) is 9.84. The number of alkyl halides is 1. The molecule has 2 saturated carbocycles. The van der Waals surface area contributed by atoms with Gasteiger partial charge in [0.2, 0.25) is 5.91 Å². The lowest BCUT2D eigenvalue weighted by atomic mass is 9.77. The predicted octanol–water partition coefficient (Wildman–Crippen LogP) is 3.09. The van der Waals surface area contributed by atoms with Gasteiger partial charge in [-0.15, -0.1) is 0 Å². The van der Waals surface area contributed by atoms with Crippen LogP contribution in [0.2, 0.25) is 0 Å². The van der Waals surface area contributed by atoms with Crippen molar-refractivity contribution in [2.45, 2.75) is 113 Å². The lowest BCUT2D eigenvalue weighted by molar-refractivity contribution is -0.124. The van der Waals surface area contributed by atoms with E-state index in [1.807, 2.05) is 0 Å². The summed E-state index contributed by atoms with van der Waals surface area (Å²) in [5.74, 6) is 0.604. The minimum atomic E-state index is -0.744. The third-order valence-electron chi connectivity index (χ3n) is 9.84. The van der Waals surface area contributed by atoms with E-state index in [1.165, 1.54) is 58.2 Å². The topological polar surface area (TPSA) is 47.6 Å². The number of carbonyl (C=O) groups excluding carboxylic acids is 1. The fourth-order valence-electron chi connectivity index (χ4n) is 7.74. The van der Waals surface area contributed by atoms with Gasteiger partial charge < -0.3 is 20.4 Å². The first-order chi connectivity index (χ1) is 14.9. The van der Waals surface area contributed by atoms with Crippen LogP contribution >= 0.6 is 0 Å². The maximum Gasteiger partial charge on any atom is 0.237 e. The number of likely N-dealkylation sites (tertiary alicyclic amines) is 2. The van der Waals surface area contributed by atoms with E-state index in [1.54, 1.807) is 0 Å². The molecule has 5 aliphatic rings. The molecule has 0 aromatic heterocycles. The first kappa shape index (κ1) is 22.1. The SMILES string of the molecule is CC1CCC(F)C2CC(C(=O)NC3CCCC(N4CCC5(CCCN5C)CC4)C3)NC12. The van der Waals surface area contributed by atoms with Crippen molar-refractivity contribution in [1.82, 2.24) is 20.4 Å². The van der Waals surface area contributed by atoms with Crippen molar-refractivity contribution < 1.29 is 9.18 Å². The van der Waals surface area contributed by atoms with Crippen LogP contribution in [0.25, 0.3) is 0 Å². The number of halogens is 1. The molecule has 3 saturated heterocycles. The monoisotopic (exact) mass is 434 g/mol. The van der Waals surface area contributed by atoms with Crippen LogP contribution in [0.15, 0.2) is 0 Å². The average Bonchev–Trinajstić information content (AvgIpc) is 3.37. The minimum absolute atomic E-state index is 0.0213. The van der Waals surface area contributed by atoms with Gasteiger partial charge in [0.05, 0.1) is 6.04 Å². The molecule has 1 amide bonds. The molecule has 2 N–H and O–H groups in total. The lowest BCUT2D eigenvalue weighted by Crippen LogP contribution is -2.55. The Morgan fingerprint density at radius 2 is 1.84 bits per heavy atom. The highest BCUT2D eigenvalue weighted by Crippen LogP contribution is 2.40. The maximum atomic E-state index is 14.4. The Hall–Kier alpha value is -0.720. The Bertz CT molecular complexity index is 633. The summed E-state index contributed by atoms with van der Waals surface area (Å²) in [4.78, 5) is 18.4. The number of nitrogens with one attached hydrogen (secondary N) is 2. The third kappa shape index (κ3) is 4.29. The molecule has 0 aromatic carbocycles. The van der Waals surface area contributed by atoms with E-state index in [9.17, 15) is 9.18 Å². The zero-order valence-electron chi connectivity index (χ0n) is 19.6. The van der Waals surface area contributed by atoms with Crippen LogP contribution in [-0.4, -0.2) is 78.3 Å². The van der Waals surface area contributed by atoms with Crippen molar-refractivity contribution in [3.05, 3.63) is 0 Å². The molecule has 176 valence electrons. The summed E-state index contributed by atoms with van der Waals surface area (Å²) in [5, 5.41) is 6.87. The van der Waals surface area contributed by atoms with Gasteiger partial charge in [-0.3, -0.25) is 4.79 Å². The Morgan fingerprint density at radius 3 is 2.55 bits per heavy atom. The van der Waals surface area contributed by atoms with Gasteiger partial charge in [0.25, 0.3) is 0 Å². The Labute approximate surface area is 187 Å². The van der Waals surface area contributed by atoms with Crippen LogP contribution in [0.1, 0.15) is 77.6 Å². The van der Waals surface area contributed by atoms with Gasteiger partial charge in [-0.1, -0.05) is 6.92 Å². The van der Waals surface area contributed by atoms with Crippen molar-refractivity contribution in [1.29, 1.82) is 0 Å². The number of carbonyl (C=O) groups is 1. The number of hydrogen-bond donors (Lipinski definition) is 2. The molecular formula is C25H43FN4O. The average molecular weight is 435 g/mol. The summed E-state index contributed by atoms with van der Waals surface area (Å²) in [6.07, 6.45) is 11.5. The van der Waals surface area contributed by atoms with E-state index in [0.29, 0.717) is 30.3 Å². The summed E-state index contributed by atoms with van der Waals surface area (Å²) in [6.45, 7) is 5.88. The molecule has 2 aliphatic carbocycles. The van der Waals surface area contributed by atoms with Crippen LogP contribution in [0, 0.1) is 11.8 Å². The number of amides is 1. The Kier molecular flexibility index (Phi) is 6.35. The normalized spacial score (nSPS) is 43.8. The highest BCUT2D eigenvalue weighted by molar-refractivity contribution is 5.82. The van der Waals surface area contributed by atoms with E-state index in [0.717, 1.165) is 19.3 Å². The maximum absolute atomic E-state index is 14.4. The number of nitrogens with zero attached hydrogens (tertiary/aromatic N) is 2. The fraction of sp³-hybridized carbons (Fsp3) is 0.960. The van der Waals surface area contributed by atoms with Gasteiger partial charge >= 0.3 is 0 Å². The van der Waals surface area contributed by atoms with E-state index < -0.39 is 6.17 Å². The first-order valence-electron chi connectivity index (χ1n) is 13.1. The molecule has 0 bridgehead atoms. The van der Waals surface area contributed by atoms with Crippen LogP contribution < -0.4 is 10.6 Å². The van der Waals surface area contributed by atoms with Crippen LogP contribution in [-0.2, 0) is 4.79 Å². The molecule has 5 nitrogen and oxygen atoms in total. The van der Waals surface area contributed by atoms with Gasteiger partial charge in [-0.25, -0.2) is 4.39 Å². The second kappa shape index (κ2) is 8.90. The highest BCUT2D eigenvalue weighted by atomic mass is 19.1. The Balaban J connectivity index is 1.12. The molecule has 5 rings (SSSR count). The van der Waals surface area contributed by atoms with Crippen LogP contribution in [0.3, 0.4) is 0 Å². The molecule has 31 heavy (non-hydrogen) atoms. The zero-order valence-corrected chi connectivity index (χ0v) is 19.6. The quantitative estimate of drug-likeness (QED) is 0.717. The lowest BCUT2D eigenvalue weighted by Gasteiger charge is -2.47. The van der Waals surface area contributed by atoms with Crippen molar-refractivity contribution in [3.8, 4) is 0 Å². The smallest absolute Gasteiger partial charge is 0.237 e. The zero-order chi connectivity index (χ0) is 21.6. The van der Waals surface area contributed by atoms with E-state index in [2.05, 4.69) is 34.4 Å². The number of piperidine rings is 1. The van der Waals surface area contributed by atoms with E-state index >= 15 is 0 Å². The van der Waals surface area contributed by atoms with Crippen LogP contribution in [0.4, 0.5) is 4.39 Å². The van der Waals surface area contributed by atoms with Gasteiger partial charge in [0.15, 0.2) is 0 Å². The first-order valence-corrected chi connectivity index (χ1v) is 13.1. The second-order valence-electron chi connectivity index (χ2n) is 11.5. The van der Waals surface area contributed by atoms with Crippen molar-refractivity contribution in [2.24, 2.45) is 11.8 Å². The summed E-state index contributed by atoms with van der Waals surface area (Å²) >= 11 is 0. The van der Waals surface area contributed by atoms with E-state index in [-0.39, 0.29) is 30.0 Å². The molecule has 0 aromatic rings. The molecule has 7 atom stereocenters. The standard InChI is InChI=1S/C25H43FN4O/c1-17-7-8-21(26)20-16-22(28-23(17)20)24(31)27-18-5-3-6-19(15-18)30-13-10-25(11-14-30)9-4-12-29(25)2/h17-23,28H,3-16H2,1-2H3,(H,27,31). The van der Waals surface area contributed by atoms with Crippen molar-refractivity contribution in [3.63, 3.8) is 0 Å². The summed E-state index contributed by atoms with van der Waals surface area (Å²) in [6, 6.07) is 0.853. The molecule has 3 aliphatic heterocycles. The molecule has 0 radical (unpaired) electrons. The fourth-order valence-corrected chi connectivity index (χ4v) is 7.74. The summed E-state index contributed by atoms with van der Waals surface area (Å²) in [5.41, 5.74) is 0.467. The second-order valence-corrected chi connectivity index (χ2v) is 11.5. The predicted molar refractivity (Wildman–Crippen MR) is 122 cm³/mol. The number of fused-ring (bicyclic) bond motifs is 1. The Morgan fingerprint density at radius 1 is 1.03 bits per heavy atom. The molecule has 7 unspecified atom stereocenters. The van der Waals surface area contributed by atoms with Crippen molar-refractivity contribution in [2.75, 3.05) is 26.7 Å². The van der Waals surface area contributed by atoms with Gasteiger partial charge in [0.1, 0.15) is 6.17 Å². The van der Waals surface area contributed by atoms with Gasteiger partial charge in [-0.2, -0.15) is 0 Å². The molecule has 6 heteroatoms. The highest BCUT2D eigenvalue weighted by Gasteiger charge is 2.47. The van der Waals surface area contributed by atoms with E-state index in [4.69, 9.17) is 0 Å².